The molecule has 0 spiro atoms. The number of carbonyl (C=O) groups is 2. The lowest BCUT2D eigenvalue weighted by Gasteiger charge is -2.22. The van der Waals surface area contributed by atoms with Gasteiger partial charge in [-0.2, -0.15) is 4.99 Å². The maximum Gasteiger partial charge on any atom is 0.335 e. The predicted molar refractivity (Wildman–Crippen MR) is 95.9 cm³/mol. The summed E-state index contributed by atoms with van der Waals surface area (Å²) in [4.78, 5) is 32.6. The van der Waals surface area contributed by atoms with Gasteiger partial charge in [0, 0.05) is 11.6 Å². The van der Waals surface area contributed by atoms with Gasteiger partial charge in [0.25, 0.3) is 5.91 Å². The molecule has 3 heterocycles. The van der Waals surface area contributed by atoms with Gasteiger partial charge >= 0.3 is 5.97 Å². The fraction of sp³-hybridized carbons (Fsp3) is 0.0526. The highest BCUT2D eigenvalue weighted by Gasteiger charge is 2.34. The molecule has 2 aromatic rings. The zero-order valence-corrected chi connectivity index (χ0v) is 14.1. The van der Waals surface area contributed by atoms with Crippen LogP contribution in [0.3, 0.4) is 0 Å². The van der Waals surface area contributed by atoms with Gasteiger partial charge in [0.05, 0.1) is 11.1 Å². The number of carboxylic acid groups (broad SMARTS) is 1. The number of carbonyl (C=O) groups excluding carboxylic acids is 1. The number of amidine groups is 2. The molecule has 2 aliphatic heterocycles. The molecule has 0 radical (unpaired) electrons. The Kier molecular flexibility index (Phi) is 3.73. The Morgan fingerprint density at radius 3 is 2.89 bits per heavy atom. The highest BCUT2D eigenvalue weighted by Crippen LogP contribution is 2.27. The molecule has 4 rings (SSSR count). The number of rotatable bonds is 3. The van der Waals surface area contributed by atoms with E-state index in [9.17, 15) is 9.59 Å². The van der Waals surface area contributed by atoms with Crippen LogP contribution in [-0.2, 0) is 9.63 Å². The minimum absolute atomic E-state index is 0.0297. The molecule has 0 saturated carbocycles. The summed E-state index contributed by atoms with van der Waals surface area (Å²) in [5, 5.41) is 18.4. The molecular formula is C19H13N3O5. The first kappa shape index (κ1) is 16.5. The van der Waals surface area contributed by atoms with Crippen molar-refractivity contribution in [3.63, 3.8) is 0 Å². The van der Waals surface area contributed by atoms with Gasteiger partial charge in [-0.15, -0.1) is 5.06 Å². The number of hydrogen-bond acceptors (Lipinski definition) is 5. The number of nitrogens with one attached hydrogen (secondary N) is 1. The molecule has 27 heavy (non-hydrogen) atoms. The maximum absolute atomic E-state index is 12.2. The monoisotopic (exact) mass is 363 g/mol. The largest absolute Gasteiger partial charge is 0.478 e. The molecule has 1 aromatic carbocycles. The Hall–Kier alpha value is -3.94. The summed E-state index contributed by atoms with van der Waals surface area (Å²) < 4.78 is 5.70. The second-order valence-corrected chi connectivity index (χ2v) is 5.91. The smallest absolute Gasteiger partial charge is 0.335 e. The third kappa shape index (κ3) is 2.93. The number of furan rings is 1. The number of fused-ring (bicyclic) bond motifs is 1. The van der Waals surface area contributed by atoms with Crippen LogP contribution in [0.1, 0.15) is 23.0 Å². The first-order chi connectivity index (χ1) is 12.9. The Morgan fingerprint density at radius 2 is 2.11 bits per heavy atom. The molecule has 0 atom stereocenters. The van der Waals surface area contributed by atoms with E-state index in [4.69, 9.17) is 19.8 Å². The maximum atomic E-state index is 12.2. The Labute approximate surface area is 153 Å². The van der Waals surface area contributed by atoms with E-state index in [1.165, 1.54) is 23.3 Å². The summed E-state index contributed by atoms with van der Waals surface area (Å²) in [6, 6.07) is 9.62. The van der Waals surface area contributed by atoms with Crippen molar-refractivity contribution in [2.24, 2.45) is 4.99 Å². The van der Waals surface area contributed by atoms with E-state index in [0.717, 1.165) is 0 Å². The van der Waals surface area contributed by atoms with Crippen molar-refractivity contribution < 1.29 is 24.0 Å². The molecule has 8 nitrogen and oxygen atoms in total. The van der Waals surface area contributed by atoms with E-state index < -0.39 is 11.9 Å². The van der Waals surface area contributed by atoms with E-state index in [2.05, 4.69) is 4.99 Å². The number of nitrogens with zero attached hydrogens (tertiary/aromatic N) is 2. The Morgan fingerprint density at radius 1 is 1.30 bits per heavy atom. The molecule has 134 valence electrons. The second-order valence-electron chi connectivity index (χ2n) is 5.91. The third-order valence-corrected chi connectivity index (χ3v) is 3.99. The van der Waals surface area contributed by atoms with Gasteiger partial charge in [0.1, 0.15) is 17.3 Å². The number of aliphatic imine (C=N–C) groups is 1. The molecule has 0 bridgehead atoms. The van der Waals surface area contributed by atoms with E-state index in [0.29, 0.717) is 22.8 Å². The van der Waals surface area contributed by atoms with Crippen LogP contribution < -0.4 is 0 Å². The molecule has 0 fully saturated rings. The number of hydrogen-bond donors (Lipinski definition) is 2. The van der Waals surface area contributed by atoms with E-state index >= 15 is 0 Å². The van der Waals surface area contributed by atoms with E-state index in [-0.39, 0.29) is 22.8 Å². The van der Waals surface area contributed by atoms with Gasteiger partial charge in [-0.25, -0.2) is 4.79 Å². The first-order valence-corrected chi connectivity index (χ1v) is 7.96. The summed E-state index contributed by atoms with van der Waals surface area (Å²) >= 11 is 0. The summed E-state index contributed by atoms with van der Waals surface area (Å²) in [5.41, 5.74) is 0.763. The quantitative estimate of drug-likeness (QED) is 0.810. The van der Waals surface area contributed by atoms with Crippen molar-refractivity contribution in [1.82, 2.24) is 5.06 Å². The van der Waals surface area contributed by atoms with Crippen LogP contribution >= 0.6 is 0 Å². The zero-order chi connectivity index (χ0) is 19.1. The molecule has 2 aliphatic rings. The number of carboxylic acids is 1. The number of allylic oxidation sites excluding steroid dienone is 1. The number of amides is 1. The molecule has 2 N–H and O–H groups in total. The zero-order valence-electron chi connectivity index (χ0n) is 14.1. The van der Waals surface area contributed by atoms with Crippen LogP contribution in [0.4, 0.5) is 0 Å². The van der Waals surface area contributed by atoms with Crippen LogP contribution in [0.25, 0.3) is 17.4 Å². The topological polar surface area (TPSA) is 116 Å². The molecule has 0 saturated heterocycles. The van der Waals surface area contributed by atoms with Gasteiger partial charge < -0.3 is 14.4 Å². The van der Waals surface area contributed by atoms with Crippen molar-refractivity contribution in [3.05, 3.63) is 65.1 Å². The van der Waals surface area contributed by atoms with Crippen LogP contribution in [0.2, 0.25) is 0 Å². The second kappa shape index (κ2) is 6.10. The van der Waals surface area contributed by atoms with Gasteiger partial charge in [-0.05, 0) is 37.3 Å². The summed E-state index contributed by atoms with van der Waals surface area (Å²) in [7, 11) is 0. The highest BCUT2D eigenvalue weighted by atomic mass is 16.7. The van der Waals surface area contributed by atoms with Crippen molar-refractivity contribution in [1.29, 1.82) is 5.41 Å². The average Bonchev–Trinajstić information content (AvgIpc) is 3.25. The average molecular weight is 363 g/mol. The van der Waals surface area contributed by atoms with Gasteiger partial charge in [-0.1, -0.05) is 12.1 Å². The van der Waals surface area contributed by atoms with E-state index in [1.807, 2.05) is 0 Å². The van der Waals surface area contributed by atoms with Crippen molar-refractivity contribution in [2.75, 3.05) is 0 Å². The Balaban J connectivity index is 1.65. The van der Waals surface area contributed by atoms with Crippen molar-refractivity contribution >= 4 is 29.6 Å². The highest BCUT2D eigenvalue weighted by molar-refractivity contribution is 6.32. The van der Waals surface area contributed by atoms with Crippen molar-refractivity contribution in [2.45, 2.75) is 6.92 Å². The first-order valence-electron chi connectivity index (χ1n) is 7.96. The lowest BCUT2D eigenvalue weighted by atomic mass is 10.1. The SMILES string of the molecule is CC1=CC2=NC(=O)C(=Cc3ccc(-c4cccc(C(=O)O)c4)o3)C(=N)N2O1. The fourth-order valence-electron chi connectivity index (χ4n) is 2.73. The minimum Gasteiger partial charge on any atom is -0.478 e. The van der Waals surface area contributed by atoms with Crippen LogP contribution in [0.5, 0.6) is 0 Å². The normalized spacial score (nSPS) is 17.5. The predicted octanol–water partition coefficient (Wildman–Crippen LogP) is 3.10. The third-order valence-electron chi connectivity index (χ3n) is 3.99. The number of aromatic carboxylic acids is 1. The number of hydroxylamine groups is 2. The summed E-state index contributed by atoms with van der Waals surface area (Å²) in [6.07, 6.45) is 2.98. The van der Waals surface area contributed by atoms with Crippen LogP contribution in [-0.4, -0.2) is 33.7 Å². The molecular weight excluding hydrogens is 350 g/mol. The lowest BCUT2D eigenvalue weighted by Crippen LogP contribution is -2.38. The standard InChI is InChI=1S/C19H13N3O5/c1-10-7-16-21-18(23)14(17(20)22(16)27-10)9-13-5-6-15(26-13)11-3-2-4-12(8-11)19(24)25/h2-9,20H,1H3,(H,24,25). The lowest BCUT2D eigenvalue weighted by molar-refractivity contribution is -0.114. The molecule has 8 heteroatoms. The summed E-state index contributed by atoms with van der Waals surface area (Å²) in [6.45, 7) is 1.70. The Bertz CT molecular complexity index is 1090. The molecule has 1 aromatic heterocycles. The van der Waals surface area contributed by atoms with E-state index in [1.54, 1.807) is 37.3 Å². The molecule has 1 amide bonds. The van der Waals surface area contributed by atoms with Gasteiger partial charge in [0.2, 0.25) is 0 Å². The van der Waals surface area contributed by atoms with Gasteiger partial charge in [0.15, 0.2) is 11.7 Å². The number of benzene rings is 1. The van der Waals surface area contributed by atoms with Crippen LogP contribution in [0.15, 0.2) is 63.2 Å². The van der Waals surface area contributed by atoms with Crippen molar-refractivity contribution in [3.8, 4) is 11.3 Å². The molecule has 0 aliphatic carbocycles. The minimum atomic E-state index is -1.03. The van der Waals surface area contributed by atoms with Gasteiger partial charge in [-0.3, -0.25) is 10.2 Å². The fourth-order valence-corrected chi connectivity index (χ4v) is 2.73. The summed E-state index contributed by atoms with van der Waals surface area (Å²) in [5.74, 6) is -0.151. The van der Waals surface area contributed by atoms with Crippen LogP contribution in [0, 0.1) is 5.41 Å². The molecule has 0 unspecified atom stereocenters.